The molecule has 636 valence electrons. The van der Waals surface area contributed by atoms with E-state index in [1.807, 2.05) is 155 Å². The van der Waals surface area contributed by atoms with E-state index in [-0.39, 0.29) is 71.9 Å². The van der Waals surface area contributed by atoms with Crippen LogP contribution < -0.4 is 67.9 Å². The lowest BCUT2D eigenvalue weighted by Crippen LogP contribution is -3.00. The Morgan fingerprint density at radius 2 is 0.967 bits per heavy atom. The minimum Gasteiger partial charge on any atom is -1.00 e. The molecule has 8 N–H and O–H groups in total. The zero-order valence-electron chi connectivity index (χ0n) is 68.5. The highest BCUT2D eigenvalue weighted by Gasteiger charge is 2.23. The van der Waals surface area contributed by atoms with Gasteiger partial charge in [0.1, 0.15) is 23.0 Å². The average Bonchev–Trinajstić information content (AvgIpc) is 0.962. The lowest BCUT2D eigenvalue weighted by molar-refractivity contribution is -0.691. The number of rotatable bonds is 28. The first-order valence-electron chi connectivity index (χ1n) is 37.3. The van der Waals surface area contributed by atoms with Gasteiger partial charge in [-0.2, -0.15) is 10.3 Å². The molecule has 0 atom stereocenters. The van der Waals surface area contributed by atoms with E-state index < -0.39 is 11.7 Å². The molecule has 0 unspecified atom stereocenters. The molecular formula is C84H89ClN18O16S3. The second kappa shape index (κ2) is 47.6. The lowest BCUT2D eigenvalue weighted by Gasteiger charge is -2.19. The topological polar surface area (TPSA) is 469 Å². The number of aliphatic imine (C=N–C) groups is 1. The summed E-state index contributed by atoms with van der Waals surface area (Å²) in [7, 11) is 9.23. The molecule has 0 saturated carbocycles. The van der Waals surface area contributed by atoms with E-state index in [1.54, 1.807) is 74.0 Å². The number of hydrogen-bond donors (Lipinski definition) is 5. The monoisotopic (exact) mass is 1740 g/mol. The van der Waals surface area contributed by atoms with E-state index >= 15 is 0 Å². The fraction of sp³-hybridized carbons (Fsp3) is 0.274. The summed E-state index contributed by atoms with van der Waals surface area (Å²) in [6, 6.07) is 49.5. The number of aromatic amines is 1. The maximum Gasteiger partial charge on any atom is 0.407 e. The molecule has 0 radical (unpaired) electrons. The normalized spacial score (nSPS) is 10.4. The molecule has 0 spiro atoms. The van der Waals surface area contributed by atoms with E-state index in [1.165, 1.54) is 21.1 Å². The Kier molecular flexibility index (Phi) is 37.2. The van der Waals surface area contributed by atoms with Crippen LogP contribution in [-0.4, -0.2) is 151 Å². The van der Waals surface area contributed by atoms with Gasteiger partial charge in [-0.25, -0.2) is 14.3 Å². The average molecular weight is 1740 g/mol. The highest BCUT2D eigenvalue weighted by Crippen LogP contribution is 2.37. The summed E-state index contributed by atoms with van der Waals surface area (Å²) < 4.78 is 62.2. The number of anilines is 2. The number of H-pyrrole nitrogens is 1. The number of carbonyl (C=O) groups is 5. The van der Waals surface area contributed by atoms with Crippen LogP contribution in [0.1, 0.15) is 128 Å². The van der Waals surface area contributed by atoms with E-state index in [0.717, 1.165) is 46.0 Å². The molecule has 13 aromatic rings. The molecule has 0 aliphatic carbocycles. The fourth-order valence-corrected chi connectivity index (χ4v) is 11.5. The smallest absolute Gasteiger partial charge is 0.407 e. The number of benzene rings is 7. The van der Waals surface area contributed by atoms with Crippen molar-refractivity contribution in [2.45, 2.75) is 98.3 Å². The van der Waals surface area contributed by atoms with Crippen LogP contribution in [0.4, 0.5) is 22.1 Å². The Hall–Kier alpha value is -13.9. The molecule has 13 rings (SSSR count). The van der Waals surface area contributed by atoms with Crippen LogP contribution in [0.3, 0.4) is 0 Å². The van der Waals surface area contributed by atoms with Gasteiger partial charge in [0.15, 0.2) is 34.5 Å². The summed E-state index contributed by atoms with van der Waals surface area (Å²) >= 11 is 15.4. The first-order chi connectivity index (χ1) is 58.3. The number of hydrogen-bond acceptors (Lipinski definition) is 33. The molecule has 122 heavy (non-hydrogen) atoms. The van der Waals surface area contributed by atoms with Crippen molar-refractivity contribution in [3.63, 3.8) is 0 Å². The van der Waals surface area contributed by atoms with Gasteiger partial charge < -0.3 is 90.3 Å². The summed E-state index contributed by atoms with van der Waals surface area (Å²) in [6.45, 7) is 10.6. The van der Waals surface area contributed by atoms with Crippen molar-refractivity contribution in [1.29, 1.82) is 5.26 Å². The van der Waals surface area contributed by atoms with Crippen molar-refractivity contribution < 1.29 is 91.8 Å². The van der Waals surface area contributed by atoms with Gasteiger partial charge in [0.05, 0.1) is 76.5 Å². The zero-order chi connectivity index (χ0) is 87.5. The molecule has 34 nitrogen and oxygen atoms in total. The number of nitrogens with two attached hydrogens (primary N) is 3. The summed E-state index contributed by atoms with van der Waals surface area (Å²) in [5, 5.41) is 45.7. The zero-order valence-corrected chi connectivity index (χ0v) is 71.7. The molecule has 7 aromatic carbocycles. The minimum absolute atomic E-state index is 0. The predicted octanol–water partition coefficient (Wildman–Crippen LogP) is 12.4. The van der Waals surface area contributed by atoms with Crippen molar-refractivity contribution >= 4 is 110 Å². The second-order valence-corrected chi connectivity index (χ2v) is 27.3. The number of methoxy groups -OCH3 is 6. The summed E-state index contributed by atoms with van der Waals surface area (Å²) in [6.07, 6.45) is 3.25. The minimum atomic E-state index is -0.432. The molecule has 38 heteroatoms. The van der Waals surface area contributed by atoms with Crippen molar-refractivity contribution in [2.24, 2.45) is 10.7 Å². The SMILES string of the molecule is CC(=O)c1nnc(-c2ccccc2)o1.CC(C)(C)OC(=O)NCCN.CCCCC(=O)c1nnc(-c2ccccc2)o1.COc1cc(C#N)c(N=C=S)cc1OC.COc1cc2[nH]c(=S)[n+](CCCC(=O)c3nnc(-c4ccccc4)o3)c(N)c2cc1OC.COc1cc2nc(=S)n(CCCC(=O)c3nnc(-c4ccccc4)o3)c(N)c2cc1OC.[Cl-]. The third-order valence-corrected chi connectivity index (χ3v) is 17.5. The summed E-state index contributed by atoms with van der Waals surface area (Å²) in [4.78, 5) is 69.8. The number of nitrogens with one attached hydrogen (secondary N) is 2. The maximum atomic E-state index is 12.5. The molecule has 0 saturated heterocycles. The van der Waals surface area contributed by atoms with E-state index in [2.05, 4.69) is 78.4 Å². The highest BCUT2D eigenvalue weighted by atomic mass is 35.5. The number of carbonyl (C=O) groups excluding carboxylic acids is 5. The van der Waals surface area contributed by atoms with Gasteiger partial charge >= 0.3 is 6.09 Å². The number of nitrogens with zero attached hydrogens (tertiary/aromatic N) is 13. The molecule has 6 heterocycles. The molecular weight excluding hydrogens is 1650 g/mol. The Bertz CT molecular complexity index is 5690. The van der Waals surface area contributed by atoms with Gasteiger partial charge in [-0.15, -0.1) is 40.8 Å². The Balaban J connectivity index is 0.000000211. The number of ketones is 4. The van der Waals surface area contributed by atoms with Gasteiger partial charge in [0.25, 0.3) is 28.3 Å². The number of fused-ring (bicyclic) bond motifs is 2. The molecule has 0 bridgehead atoms. The standard InChI is InChI=1S/2C22H21N5O4S.C13H14N2O2.C10H8N2O2S.C10H8N2O2.C7H16N2O2.ClH/c2*1-29-17-11-14-15(12-18(17)30-2)24-22(32)27(19(14)23)10-6-9-16(28)21-26-25-20(31-21)13-7-4-3-5-8-13;1-2-3-9-11(16)13-15-14-12(17-13)10-7-5-4-6-8-10;1-13-9-3-7(5-11)8(12-6-15)4-10(9)14-2;1-7(13)9-11-12-10(14-9)8-5-3-2-4-6-8;1-7(2,3)11-6(10)9-5-4-8;/h3-5,7-8,11-12H,6,9-10H2,1-2H3,(H2,23,24,32);3-5,7-8,11-12H,6,9-10,23H2,1-2H3;4-8H,2-3,9H2,1H3;3-4H,1-2H3;2-6H,1H3;4-5,8H2,1-3H3,(H,9,10);1H. The first kappa shape index (κ1) is 95.3. The molecule has 0 aliphatic rings. The van der Waals surface area contributed by atoms with Crippen LogP contribution in [-0.2, 0) is 17.8 Å². The number of unbranched alkanes of at least 4 members (excludes halogenated alkanes) is 1. The van der Waals surface area contributed by atoms with Gasteiger partial charge in [0, 0.05) is 104 Å². The number of thiocarbonyl (C=S) groups is 1. The third kappa shape index (κ3) is 27.1. The number of alkyl carbamates (subject to hydrolysis) is 1. The Labute approximate surface area is 722 Å². The van der Waals surface area contributed by atoms with Gasteiger partial charge in [0.2, 0.25) is 57.3 Å². The molecule has 1 amide bonds. The first-order valence-corrected chi connectivity index (χ1v) is 38.5. The van der Waals surface area contributed by atoms with E-state index in [4.69, 9.17) is 97.7 Å². The van der Waals surface area contributed by atoms with E-state index in [9.17, 15) is 24.0 Å². The summed E-state index contributed by atoms with van der Waals surface area (Å²) in [5.41, 5.74) is 22.8. The van der Waals surface area contributed by atoms with Gasteiger partial charge in [-0.1, -0.05) is 86.1 Å². The van der Waals surface area contributed by atoms with Crippen LogP contribution in [0, 0.1) is 20.9 Å². The van der Waals surface area contributed by atoms with Crippen molar-refractivity contribution in [2.75, 3.05) is 67.2 Å². The van der Waals surface area contributed by atoms with Crippen LogP contribution in [0.2, 0.25) is 0 Å². The second-order valence-electron chi connectivity index (χ2n) is 26.4. The van der Waals surface area contributed by atoms with Crippen LogP contribution in [0.5, 0.6) is 34.5 Å². The molecule has 0 fully saturated rings. The maximum absolute atomic E-state index is 12.5. The highest BCUT2D eigenvalue weighted by molar-refractivity contribution is 7.78. The van der Waals surface area contributed by atoms with Gasteiger partial charge in [-0.05, 0) is 131 Å². The van der Waals surface area contributed by atoms with Crippen molar-refractivity contribution in [3.05, 3.63) is 196 Å². The summed E-state index contributed by atoms with van der Waals surface area (Å²) in [5.74, 6) is 4.84. The predicted molar refractivity (Wildman–Crippen MR) is 457 cm³/mol. The van der Waals surface area contributed by atoms with E-state index in [0.29, 0.717) is 147 Å². The number of ether oxygens (including phenoxy) is 7. The fourth-order valence-electron chi connectivity index (χ4n) is 10.9. The lowest BCUT2D eigenvalue weighted by atomic mass is 10.1. The Morgan fingerprint density at radius 3 is 1.38 bits per heavy atom. The number of aromatic nitrogens is 12. The van der Waals surface area contributed by atoms with Crippen LogP contribution in [0.15, 0.2) is 180 Å². The van der Waals surface area contributed by atoms with Crippen LogP contribution in [0.25, 0.3) is 67.6 Å². The quantitative estimate of drug-likeness (QED) is 0.0132. The van der Waals surface area contributed by atoms with Crippen LogP contribution >= 0.6 is 36.7 Å². The third-order valence-electron chi connectivity index (χ3n) is 16.8. The largest absolute Gasteiger partial charge is 1.00 e. The number of amides is 1. The Morgan fingerprint density at radius 1 is 0.566 bits per heavy atom. The van der Waals surface area contributed by atoms with Crippen molar-refractivity contribution in [1.82, 2.24) is 60.6 Å². The van der Waals surface area contributed by atoms with Gasteiger partial charge in [-0.3, -0.25) is 24.2 Å². The number of nitriles is 1. The number of isothiocyanates is 1. The number of Topliss-reactive ketones (excluding diaryl/α,β-unsaturated/α-hetero) is 4. The van der Waals surface area contributed by atoms with Crippen molar-refractivity contribution in [3.8, 4) is 86.4 Å². The number of nitrogen functional groups attached to an aromatic ring is 2. The molecule has 0 aliphatic heterocycles. The molecule has 6 aromatic heterocycles. The number of halogens is 1.